The number of nitrogens with zero attached hydrogens (tertiary/aromatic N) is 2. The largest absolute Gasteiger partial charge is 0.495 e. The zero-order valence-corrected chi connectivity index (χ0v) is 19.2. The third-order valence-corrected chi connectivity index (χ3v) is 6.97. The standard InChI is InChI=1S/C21H15Cl2N3O3S2/c1-29-16-8-3-2-6-13(16)24-17(27)11-31-21-25-14-9-10-30-19(14)20(28)26(21)15-7-4-5-12(22)18(15)23/h2-10H,11H2,1H3,(H,24,27). The molecule has 2 aromatic carbocycles. The van der Waals surface area contributed by atoms with Gasteiger partial charge in [-0.15, -0.1) is 11.3 Å². The van der Waals surface area contributed by atoms with Crippen molar-refractivity contribution in [1.82, 2.24) is 9.55 Å². The average Bonchev–Trinajstić information content (AvgIpc) is 3.24. The highest BCUT2D eigenvalue weighted by Crippen LogP contribution is 2.31. The summed E-state index contributed by atoms with van der Waals surface area (Å²) in [4.78, 5) is 30.4. The number of thiophene rings is 1. The van der Waals surface area contributed by atoms with Crippen molar-refractivity contribution >= 4 is 68.1 Å². The SMILES string of the molecule is COc1ccccc1NC(=O)CSc1nc2ccsc2c(=O)n1-c1cccc(Cl)c1Cl. The molecule has 0 aliphatic carbocycles. The van der Waals surface area contributed by atoms with Gasteiger partial charge in [-0.25, -0.2) is 4.98 Å². The lowest BCUT2D eigenvalue weighted by Crippen LogP contribution is -2.22. The number of hydrogen-bond acceptors (Lipinski definition) is 6. The Morgan fingerprint density at radius 3 is 2.81 bits per heavy atom. The summed E-state index contributed by atoms with van der Waals surface area (Å²) in [7, 11) is 1.53. The molecule has 0 unspecified atom stereocenters. The number of halogens is 2. The first-order valence-corrected chi connectivity index (χ1v) is 11.6. The number of fused-ring (bicyclic) bond motifs is 1. The average molecular weight is 492 g/mol. The number of methoxy groups -OCH3 is 1. The first-order chi connectivity index (χ1) is 15.0. The van der Waals surface area contributed by atoms with Gasteiger partial charge in [0, 0.05) is 0 Å². The molecule has 4 rings (SSSR count). The van der Waals surface area contributed by atoms with E-state index in [2.05, 4.69) is 10.3 Å². The molecule has 0 aliphatic rings. The minimum absolute atomic E-state index is 0.0261. The second-order valence-corrected chi connectivity index (χ2v) is 8.92. The second kappa shape index (κ2) is 9.32. The van der Waals surface area contributed by atoms with E-state index in [4.69, 9.17) is 27.9 Å². The number of ether oxygens (including phenoxy) is 1. The van der Waals surface area contributed by atoms with Crippen LogP contribution < -0.4 is 15.6 Å². The third kappa shape index (κ3) is 4.43. The molecule has 0 radical (unpaired) electrons. The lowest BCUT2D eigenvalue weighted by molar-refractivity contribution is -0.113. The molecule has 1 N–H and O–H groups in total. The molecule has 31 heavy (non-hydrogen) atoms. The first kappa shape index (κ1) is 21.7. The molecule has 0 aliphatic heterocycles. The molecule has 0 saturated heterocycles. The topological polar surface area (TPSA) is 73.2 Å². The Hall–Kier alpha value is -2.52. The van der Waals surface area contributed by atoms with Crippen molar-refractivity contribution in [3.05, 3.63) is 74.3 Å². The molecule has 4 aromatic rings. The van der Waals surface area contributed by atoms with Crippen molar-refractivity contribution in [1.29, 1.82) is 0 Å². The van der Waals surface area contributed by atoms with Crippen LogP contribution >= 0.6 is 46.3 Å². The molecule has 0 atom stereocenters. The van der Waals surface area contributed by atoms with E-state index >= 15 is 0 Å². The van der Waals surface area contributed by atoms with E-state index in [1.54, 1.807) is 47.8 Å². The first-order valence-electron chi connectivity index (χ1n) is 9.00. The molecule has 1 amide bonds. The Morgan fingerprint density at radius 2 is 2.00 bits per heavy atom. The number of aromatic nitrogens is 2. The van der Waals surface area contributed by atoms with E-state index in [1.807, 2.05) is 6.07 Å². The second-order valence-electron chi connectivity index (χ2n) is 6.28. The maximum atomic E-state index is 13.2. The van der Waals surface area contributed by atoms with Gasteiger partial charge in [-0.05, 0) is 35.7 Å². The van der Waals surface area contributed by atoms with Crippen molar-refractivity contribution in [3.8, 4) is 11.4 Å². The maximum absolute atomic E-state index is 13.2. The summed E-state index contributed by atoms with van der Waals surface area (Å²) in [6, 6.07) is 13.9. The number of benzene rings is 2. The summed E-state index contributed by atoms with van der Waals surface area (Å²) >= 11 is 15.0. The molecule has 0 saturated carbocycles. The minimum atomic E-state index is -0.267. The molecule has 0 spiro atoms. The number of anilines is 1. The maximum Gasteiger partial charge on any atom is 0.276 e. The summed E-state index contributed by atoms with van der Waals surface area (Å²) in [5.41, 5.74) is 1.27. The van der Waals surface area contributed by atoms with Gasteiger partial charge in [-0.1, -0.05) is 53.2 Å². The van der Waals surface area contributed by atoms with E-state index in [9.17, 15) is 9.59 Å². The zero-order valence-electron chi connectivity index (χ0n) is 16.1. The normalized spacial score (nSPS) is 10.9. The van der Waals surface area contributed by atoms with Gasteiger partial charge in [0.2, 0.25) is 5.91 Å². The van der Waals surface area contributed by atoms with Crippen molar-refractivity contribution in [2.45, 2.75) is 5.16 Å². The number of para-hydroxylation sites is 2. The smallest absolute Gasteiger partial charge is 0.276 e. The fourth-order valence-corrected chi connectivity index (χ4v) is 4.88. The monoisotopic (exact) mass is 491 g/mol. The van der Waals surface area contributed by atoms with Crippen LogP contribution in [0.1, 0.15) is 0 Å². The van der Waals surface area contributed by atoms with Gasteiger partial charge in [0.25, 0.3) is 5.56 Å². The minimum Gasteiger partial charge on any atom is -0.495 e. The van der Waals surface area contributed by atoms with E-state index in [0.717, 1.165) is 11.8 Å². The van der Waals surface area contributed by atoms with E-state index in [0.29, 0.717) is 37.5 Å². The molecule has 0 bridgehead atoms. The number of hydrogen-bond donors (Lipinski definition) is 1. The summed E-state index contributed by atoms with van der Waals surface area (Å²) in [6.07, 6.45) is 0. The van der Waals surface area contributed by atoms with Gasteiger partial charge in [0.1, 0.15) is 10.4 Å². The van der Waals surface area contributed by atoms with Gasteiger partial charge in [-0.3, -0.25) is 14.2 Å². The molecule has 0 fully saturated rings. The van der Waals surface area contributed by atoms with Gasteiger partial charge in [0.05, 0.1) is 39.8 Å². The molecular formula is C21H15Cl2N3O3S2. The summed E-state index contributed by atoms with van der Waals surface area (Å²) in [5.74, 6) is 0.317. The number of carbonyl (C=O) groups excluding carboxylic acids is 1. The van der Waals surface area contributed by atoms with Crippen LogP contribution in [0.25, 0.3) is 15.9 Å². The number of amides is 1. The summed E-state index contributed by atoms with van der Waals surface area (Å²) in [5, 5.41) is 5.52. The van der Waals surface area contributed by atoms with Crippen LogP contribution in [0.4, 0.5) is 5.69 Å². The molecule has 2 aromatic heterocycles. The van der Waals surface area contributed by atoms with Crippen LogP contribution in [0.3, 0.4) is 0 Å². The van der Waals surface area contributed by atoms with Crippen LogP contribution in [-0.2, 0) is 4.79 Å². The van der Waals surface area contributed by atoms with Crippen LogP contribution in [0.5, 0.6) is 5.75 Å². The molecule has 10 heteroatoms. The Kier molecular flexibility index (Phi) is 6.52. The van der Waals surface area contributed by atoms with E-state index in [-0.39, 0.29) is 22.2 Å². The van der Waals surface area contributed by atoms with Gasteiger partial charge in [-0.2, -0.15) is 0 Å². The van der Waals surface area contributed by atoms with Crippen LogP contribution in [0, 0.1) is 0 Å². The number of nitrogens with one attached hydrogen (secondary N) is 1. The van der Waals surface area contributed by atoms with Crippen molar-refractivity contribution in [2.75, 3.05) is 18.2 Å². The number of thioether (sulfide) groups is 1. The van der Waals surface area contributed by atoms with Gasteiger partial charge < -0.3 is 10.1 Å². The summed E-state index contributed by atoms with van der Waals surface area (Å²) in [6.45, 7) is 0. The zero-order chi connectivity index (χ0) is 22.0. The van der Waals surface area contributed by atoms with Gasteiger partial charge >= 0.3 is 0 Å². The predicted molar refractivity (Wildman–Crippen MR) is 128 cm³/mol. The highest BCUT2D eigenvalue weighted by molar-refractivity contribution is 7.99. The Morgan fingerprint density at radius 1 is 1.19 bits per heavy atom. The van der Waals surface area contributed by atoms with E-state index in [1.165, 1.54) is 23.0 Å². The van der Waals surface area contributed by atoms with Gasteiger partial charge in [0.15, 0.2) is 5.16 Å². The Bertz CT molecular complexity index is 1340. The molecule has 158 valence electrons. The molecular weight excluding hydrogens is 477 g/mol. The summed E-state index contributed by atoms with van der Waals surface area (Å²) < 4.78 is 7.16. The fraction of sp³-hybridized carbons (Fsp3) is 0.0952. The predicted octanol–water partition coefficient (Wildman–Crippen LogP) is 5.49. The quantitative estimate of drug-likeness (QED) is 0.285. The van der Waals surface area contributed by atoms with Crippen LogP contribution in [0.2, 0.25) is 10.0 Å². The van der Waals surface area contributed by atoms with Crippen molar-refractivity contribution < 1.29 is 9.53 Å². The molecule has 2 heterocycles. The highest BCUT2D eigenvalue weighted by Gasteiger charge is 2.18. The van der Waals surface area contributed by atoms with Crippen LogP contribution in [0.15, 0.2) is 63.9 Å². The number of carbonyl (C=O) groups is 1. The van der Waals surface area contributed by atoms with E-state index < -0.39 is 0 Å². The van der Waals surface area contributed by atoms with Crippen molar-refractivity contribution in [3.63, 3.8) is 0 Å². The number of rotatable bonds is 6. The van der Waals surface area contributed by atoms with Crippen LogP contribution in [-0.4, -0.2) is 28.3 Å². The lowest BCUT2D eigenvalue weighted by atomic mass is 10.3. The highest BCUT2D eigenvalue weighted by atomic mass is 35.5. The molecule has 6 nitrogen and oxygen atoms in total. The Balaban J connectivity index is 1.68. The van der Waals surface area contributed by atoms with Crippen molar-refractivity contribution in [2.24, 2.45) is 0 Å². The third-order valence-electron chi connectivity index (χ3n) is 4.33. The fourth-order valence-electron chi connectivity index (χ4n) is 2.93. The Labute approximate surface area is 195 Å². The lowest BCUT2D eigenvalue weighted by Gasteiger charge is -2.14.